The molecule has 3 aromatic rings. The van der Waals surface area contributed by atoms with E-state index in [0.717, 1.165) is 10.7 Å². The molecule has 0 bridgehead atoms. The summed E-state index contributed by atoms with van der Waals surface area (Å²) in [5.74, 6) is -0.965. The molecule has 0 radical (unpaired) electrons. The standard InChI is InChI=1S/C18H14F3N3O3/c19-18(20,21)27-15-8-4-2-6-13(15)9-22-16(25)11-24-17(26)14-7-3-1-5-12(14)10-23-24/h1-8,10H,9,11H2,(H,22,25). The minimum atomic E-state index is -4.83. The first-order chi connectivity index (χ1) is 12.8. The minimum absolute atomic E-state index is 0.155. The summed E-state index contributed by atoms with van der Waals surface area (Å²) < 4.78 is 42.2. The van der Waals surface area contributed by atoms with Gasteiger partial charge in [0, 0.05) is 17.5 Å². The van der Waals surface area contributed by atoms with Crippen LogP contribution in [0.3, 0.4) is 0 Å². The Bertz CT molecular complexity index is 1030. The molecule has 0 aliphatic heterocycles. The Morgan fingerprint density at radius 3 is 2.59 bits per heavy atom. The molecule has 27 heavy (non-hydrogen) atoms. The number of nitrogens with zero attached hydrogens (tertiary/aromatic N) is 2. The zero-order valence-corrected chi connectivity index (χ0v) is 13.9. The number of benzene rings is 2. The molecule has 0 saturated carbocycles. The lowest BCUT2D eigenvalue weighted by Gasteiger charge is -2.13. The molecule has 1 N–H and O–H groups in total. The number of nitrogens with one attached hydrogen (secondary N) is 1. The third kappa shape index (κ3) is 4.63. The first-order valence-corrected chi connectivity index (χ1v) is 7.89. The number of fused-ring (bicyclic) bond motifs is 1. The second-order valence-electron chi connectivity index (χ2n) is 5.63. The second kappa shape index (κ2) is 7.48. The van der Waals surface area contributed by atoms with Crippen LogP contribution in [0, 0.1) is 0 Å². The first-order valence-electron chi connectivity index (χ1n) is 7.89. The molecular weight excluding hydrogens is 363 g/mol. The SMILES string of the molecule is O=C(Cn1ncc2ccccc2c1=O)NCc1ccccc1OC(F)(F)F. The number of halogens is 3. The average Bonchev–Trinajstić information content (AvgIpc) is 2.62. The molecule has 3 rings (SSSR count). The van der Waals surface area contributed by atoms with Crippen molar-refractivity contribution in [1.29, 1.82) is 0 Å². The van der Waals surface area contributed by atoms with E-state index >= 15 is 0 Å². The van der Waals surface area contributed by atoms with Crippen LogP contribution in [0.25, 0.3) is 10.8 Å². The van der Waals surface area contributed by atoms with Gasteiger partial charge in [-0.15, -0.1) is 13.2 Å². The number of hydrogen-bond acceptors (Lipinski definition) is 4. The Morgan fingerprint density at radius 1 is 1.11 bits per heavy atom. The van der Waals surface area contributed by atoms with Gasteiger partial charge in [-0.1, -0.05) is 36.4 Å². The Kier molecular flexibility index (Phi) is 5.11. The molecule has 1 heterocycles. The largest absolute Gasteiger partial charge is 0.573 e. The molecule has 2 aromatic carbocycles. The summed E-state index contributed by atoms with van der Waals surface area (Å²) in [7, 11) is 0. The number of ether oxygens (including phenoxy) is 1. The topological polar surface area (TPSA) is 73.2 Å². The van der Waals surface area contributed by atoms with Crippen LogP contribution in [0.5, 0.6) is 5.75 Å². The van der Waals surface area contributed by atoms with Crippen LogP contribution in [0.15, 0.2) is 59.5 Å². The van der Waals surface area contributed by atoms with Crippen molar-refractivity contribution in [1.82, 2.24) is 15.1 Å². The molecule has 9 heteroatoms. The normalized spacial score (nSPS) is 11.4. The minimum Gasteiger partial charge on any atom is -0.405 e. The fraction of sp³-hybridized carbons (Fsp3) is 0.167. The summed E-state index contributed by atoms with van der Waals surface area (Å²) in [6, 6.07) is 12.3. The molecule has 0 fully saturated rings. The lowest BCUT2D eigenvalue weighted by molar-refractivity contribution is -0.274. The van der Waals surface area contributed by atoms with Gasteiger partial charge in [0.1, 0.15) is 12.3 Å². The summed E-state index contributed by atoms with van der Waals surface area (Å²) in [6.45, 7) is -0.542. The number of carbonyl (C=O) groups excluding carboxylic acids is 1. The van der Waals surface area contributed by atoms with Gasteiger partial charge in [0.25, 0.3) is 5.56 Å². The van der Waals surface area contributed by atoms with Crippen molar-refractivity contribution in [3.63, 3.8) is 0 Å². The highest BCUT2D eigenvalue weighted by Gasteiger charge is 2.31. The third-order valence-electron chi connectivity index (χ3n) is 3.73. The smallest absolute Gasteiger partial charge is 0.405 e. The lowest BCUT2D eigenvalue weighted by Crippen LogP contribution is -2.33. The van der Waals surface area contributed by atoms with E-state index in [1.807, 2.05) is 0 Å². The molecule has 140 valence electrons. The van der Waals surface area contributed by atoms with Crippen molar-refractivity contribution in [3.05, 3.63) is 70.6 Å². The van der Waals surface area contributed by atoms with E-state index in [1.165, 1.54) is 24.4 Å². The second-order valence-corrected chi connectivity index (χ2v) is 5.63. The van der Waals surface area contributed by atoms with Crippen molar-refractivity contribution < 1.29 is 22.7 Å². The molecule has 1 amide bonds. The van der Waals surface area contributed by atoms with Gasteiger partial charge in [-0.25, -0.2) is 4.68 Å². The van der Waals surface area contributed by atoms with Crippen LogP contribution < -0.4 is 15.6 Å². The summed E-state index contributed by atoms with van der Waals surface area (Å²) in [5.41, 5.74) is -0.272. The van der Waals surface area contributed by atoms with Gasteiger partial charge in [-0.3, -0.25) is 9.59 Å². The van der Waals surface area contributed by atoms with Crippen LogP contribution in [-0.2, 0) is 17.9 Å². The highest BCUT2D eigenvalue weighted by Crippen LogP contribution is 2.26. The van der Waals surface area contributed by atoms with E-state index in [4.69, 9.17) is 0 Å². The Labute approximate surface area is 151 Å². The average molecular weight is 377 g/mol. The summed E-state index contributed by atoms with van der Waals surface area (Å²) in [5, 5.41) is 7.47. The number of alkyl halides is 3. The maximum Gasteiger partial charge on any atom is 0.573 e. The van der Waals surface area contributed by atoms with E-state index in [-0.39, 0.29) is 18.7 Å². The van der Waals surface area contributed by atoms with Gasteiger partial charge in [0.15, 0.2) is 0 Å². The van der Waals surface area contributed by atoms with E-state index in [9.17, 15) is 22.8 Å². The molecular formula is C18H14F3N3O3. The Balaban J connectivity index is 1.69. The molecule has 0 unspecified atom stereocenters. The quantitative estimate of drug-likeness (QED) is 0.742. The molecule has 1 aromatic heterocycles. The fourth-order valence-corrected chi connectivity index (χ4v) is 2.50. The predicted octanol–water partition coefficient (Wildman–Crippen LogP) is 2.61. The first kappa shape index (κ1) is 18.4. The highest BCUT2D eigenvalue weighted by molar-refractivity contribution is 5.81. The summed E-state index contributed by atoms with van der Waals surface area (Å²) in [4.78, 5) is 24.4. The zero-order valence-electron chi connectivity index (χ0n) is 13.9. The van der Waals surface area contributed by atoms with Crippen molar-refractivity contribution in [2.45, 2.75) is 19.5 Å². The van der Waals surface area contributed by atoms with E-state index in [1.54, 1.807) is 24.3 Å². The zero-order chi connectivity index (χ0) is 19.4. The van der Waals surface area contributed by atoms with Gasteiger partial charge >= 0.3 is 6.36 Å². The van der Waals surface area contributed by atoms with Gasteiger partial charge < -0.3 is 10.1 Å². The molecule has 0 aliphatic rings. The number of rotatable bonds is 5. The van der Waals surface area contributed by atoms with Gasteiger partial charge in [-0.05, 0) is 12.1 Å². The van der Waals surface area contributed by atoms with Crippen LogP contribution in [-0.4, -0.2) is 22.1 Å². The van der Waals surface area contributed by atoms with Gasteiger partial charge in [0.2, 0.25) is 5.91 Å². The molecule has 0 spiro atoms. The van der Waals surface area contributed by atoms with Crippen LogP contribution in [0.1, 0.15) is 5.56 Å². The van der Waals surface area contributed by atoms with E-state index < -0.39 is 23.6 Å². The van der Waals surface area contributed by atoms with E-state index in [2.05, 4.69) is 15.2 Å². The Morgan fingerprint density at radius 2 is 1.81 bits per heavy atom. The molecule has 0 saturated heterocycles. The highest BCUT2D eigenvalue weighted by atomic mass is 19.4. The van der Waals surface area contributed by atoms with Gasteiger partial charge in [-0.2, -0.15) is 5.10 Å². The van der Waals surface area contributed by atoms with Gasteiger partial charge in [0.05, 0.1) is 11.6 Å². The number of aromatic nitrogens is 2. The number of para-hydroxylation sites is 1. The van der Waals surface area contributed by atoms with Crippen LogP contribution in [0.2, 0.25) is 0 Å². The lowest BCUT2D eigenvalue weighted by atomic mass is 10.2. The summed E-state index contributed by atoms with van der Waals surface area (Å²) in [6.07, 6.45) is -3.36. The fourth-order valence-electron chi connectivity index (χ4n) is 2.50. The van der Waals surface area contributed by atoms with Crippen molar-refractivity contribution >= 4 is 16.7 Å². The third-order valence-corrected chi connectivity index (χ3v) is 3.73. The molecule has 0 atom stereocenters. The Hall–Kier alpha value is -3.36. The van der Waals surface area contributed by atoms with E-state index in [0.29, 0.717) is 10.8 Å². The number of carbonyl (C=O) groups is 1. The summed E-state index contributed by atoms with van der Waals surface area (Å²) >= 11 is 0. The maximum atomic E-state index is 12.4. The van der Waals surface area contributed by atoms with Crippen molar-refractivity contribution in [2.24, 2.45) is 0 Å². The monoisotopic (exact) mass is 377 g/mol. The number of hydrogen-bond donors (Lipinski definition) is 1. The van der Waals surface area contributed by atoms with Crippen molar-refractivity contribution in [2.75, 3.05) is 0 Å². The van der Waals surface area contributed by atoms with Crippen LogP contribution >= 0.6 is 0 Å². The maximum absolute atomic E-state index is 12.4. The molecule has 0 aliphatic carbocycles. The number of amides is 1. The van der Waals surface area contributed by atoms with Crippen molar-refractivity contribution in [3.8, 4) is 5.75 Å². The predicted molar refractivity (Wildman–Crippen MR) is 91.0 cm³/mol. The molecule has 6 nitrogen and oxygen atoms in total. The van der Waals surface area contributed by atoms with Crippen LogP contribution in [0.4, 0.5) is 13.2 Å².